The zero-order valence-electron chi connectivity index (χ0n) is 37.5. The maximum atomic E-state index is 14.4. The molecule has 0 spiro atoms. The van der Waals surface area contributed by atoms with Gasteiger partial charge in [-0.05, 0) is 125 Å². The SMILES string of the molecule is [C-]#[N+]c1ccc(-c2ccc3c(c2)c2ccccc2n3-c2cc(-c3cc(C)cc(C(F)(F)F)c3)ccc2-c2ccc(C#N)cc2-n2c3ccccc3c3cc(-c4ccc(C#N)cc4C#N)ccc32)c([N+]#[C-])c1. The van der Waals surface area contributed by atoms with Crippen molar-refractivity contribution in [2.45, 2.75) is 13.1 Å². The van der Waals surface area contributed by atoms with Crippen LogP contribution in [-0.2, 0) is 6.18 Å². The Hall–Kier alpha value is -10.2. The molecule has 2 heterocycles. The fraction of sp³-hybridized carbons (Fsp3) is 0.0328. The fourth-order valence-corrected chi connectivity index (χ4v) is 9.94. The van der Waals surface area contributed by atoms with Crippen molar-refractivity contribution in [2.75, 3.05) is 0 Å². The average Bonchev–Trinajstić information content (AvgIpc) is 3.91. The second kappa shape index (κ2) is 16.9. The molecule has 0 saturated heterocycles. The van der Waals surface area contributed by atoms with E-state index in [0.717, 1.165) is 71.9 Å². The molecule has 9 aromatic carbocycles. The van der Waals surface area contributed by atoms with Gasteiger partial charge in [-0.15, -0.1) is 0 Å². The number of fused-ring (bicyclic) bond motifs is 6. The Morgan fingerprint density at radius 3 is 1.58 bits per heavy atom. The Bertz CT molecular complexity index is 4310. The Kier molecular flexibility index (Phi) is 10.3. The Balaban J connectivity index is 1.20. The Morgan fingerprint density at radius 1 is 0.451 bits per heavy atom. The van der Waals surface area contributed by atoms with Crippen LogP contribution < -0.4 is 0 Å². The number of para-hydroxylation sites is 2. The number of nitrogens with zero attached hydrogens (tertiary/aromatic N) is 7. The van der Waals surface area contributed by atoms with Crippen molar-refractivity contribution in [3.63, 3.8) is 0 Å². The molecule has 11 rings (SSSR count). The van der Waals surface area contributed by atoms with Gasteiger partial charge in [-0.2, -0.15) is 29.0 Å². The summed E-state index contributed by atoms with van der Waals surface area (Å²) in [5, 5.41) is 33.7. The lowest BCUT2D eigenvalue weighted by Crippen LogP contribution is -2.05. The zero-order valence-corrected chi connectivity index (χ0v) is 37.5. The number of halogens is 3. The number of benzene rings is 9. The smallest absolute Gasteiger partial charge is 0.309 e. The summed E-state index contributed by atoms with van der Waals surface area (Å²) in [5.74, 6) is 0. The molecule has 0 atom stereocenters. The first kappa shape index (κ1) is 43.4. The van der Waals surface area contributed by atoms with Crippen LogP contribution in [0.4, 0.5) is 24.5 Å². The first-order valence-electron chi connectivity index (χ1n) is 22.3. The van der Waals surface area contributed by atoms with Crippen LogP contribution in [0.5, 0.6) is 0 Å². The van der Waals surface area contributed by atoms with Gasteiger partial charge in [-0.1, -0.05) is 97.1 Å². The van der Waals surface area contributed by atoms with Crippen LogP contribution in [0, 0.1) is 54.1 Å². The van der Waals surface area contributed by atoms with Gasteiger partial charge in [0.25, 0.3) is 0 Å². The summed E-state index contributed by atoms with van der Waals surface area (Å²) in [6.45, 7) is 17.1. The standard InChI is InChI=1S/C61H32F3N7/c1-36-24-42(28-44(25-36)61(62,63)64)39-14-20-51(60(31-39)71-56-11-7-5-9-49(56)53-30-41(16-23-58(53)71)47-21-17-45(68-2)32-54(47)69-3)50-19-13-38(34-66)27-59(50)70-55-10-6-4-8-48(55)52-29-40(15-22-57(52)70)46-18-12-37(33-65)26-43(46)35-67/h4-32H,1H3. The van der Waals surface area contributed by atoms with E-state index >= 15 is 0 Å². The van der Waals surface area contributed by atoms with Crippen LogP contribution in [0.2, 0.25) is 0 Å². The van der Waals surface area contributed by atoms with E-state index in [9.17, 15) is 29.0 Å². The topological polar surface area (TPSA) is 90.0 Å². The summed E-state index contributed by atoms with van der Waals surface area (Å²) in [6, 6.07) is 59.9. The minimum absolute atomic E-state index is 0.351. The van der Waals surface area contributed by atoms with Crippen LogP contribution in [-0.4, -0.2) is 9.13 Å². The van der Waals surface area contributed by atoms with Crippen LogP contribution in [0.1, 0.15) is 27.8 Å². The van der Waals surface area contributed by atoms with Crippen molar-refractivity contribution in [1.29, 1.82) is 15.8 Å². The molecule has 11 aromatic rings. The summed E-state index contributed by atoms with van der Waals surface area (Å²) in [6.07, 6.45) is -4.57. The van der Waals surface area contributed by atoms with Gasteiger partial charge in [0.2, 0.25) is 0 Å². The van der Waals surface area contributed by atoms with Gasteiger partial charge in [0.15, 0.2) is 11.4 Å². The van der Waals surface area contributed by atoms with Crippen molar-refractivity contribution in [1.82, 2.24) is 9.13 Å². The fourth-order valence-electron chi connectivity index (χ4n) is 9.94. The lowest BCUT2D eigenvalue weighted by Gasteiger charge is -2.20. The molecular formula is C61H32F3N7. The molecule has 0 fully saturated rings. The molecule has 0 unspecified atom stereocenters. The minimum atomic E-state index is -4.57. The number of rotatable bonds is 6. The molecule has 0 aliphatic carbocycles. The van der Waals surface area contributed by atoms with Crippen molar-refractivity contribution in [3.05, 3.63) is 227 Å². The average molecular weight is 920 g/mol. The van der Waals surface area contributed by atoms with Gasteiger partial charge in [-0.3, -0.25) is 0 Å². The summed E-state index contributed by atoms with van der Waals surface area (Å²) in [5.41, 5.74) is 11.6. The molecule has 71 heavy (non-hydrogen) atoms. The molecular weight excluding hydrogens is 888 g/mol. The monoisotopic (exact) mass is 919 g/mol. The van der Waals surface area contributed by atoms with E-state index in [0.29, 0.717) is 67.3 Å². The number of aromatic nitrogens is 2. The largest absolute Gasteiger partial charge is 0.416 e. The first-order valence-corrected chi connectivity index (χ1v) is 22.3. The van der Waals surface area contributed by atoms with E-state index in [1.165, 1.54) is 6.07 Å². The highest BCUT2D eigenvalue weighted by molar-refractivity contribution is 6.13. The third-order valence-corrected chi connectivity index (χ3v) is 13.1. The molecule has 0 bridgehead atoms. The third kappa shape index (κ3) is 7.27. The zero-order chi connectivity index (χ0) is 49.1. The highest BCUT2D eigenvalue weighted by Crippen LogP contribution is 2.45. The molecule has 332 valence electrons. The van der Waals surface area contributed by atoms with E-state index in [1.54, 1.807) is 55.5 Å². The van der Waals surface area contributed by atoms with E-state index in [-0.39, 0.29) is 0 Å². The maximum absolute atomic E-state index is 14.4. The number of hydrogen-bond donors (Lipinski definition) is 0. The molecule has 0 N–H and O–H groups in total. The van der Waals surface area contributed by atoms with E-state index < -0.39 is 11.7 Å². The van der Waals surface area contributed by atoms with E-state index in [4.69, 9.17) is 13.1 Å². The van der Waals surface area contributed by atoms with Crippen molar-refractivity contribution < 1.29 is 13.2 Å². The predicted molar refractivity (Wildman–Crippen MR) is 273 cm³/mol. The summed E-state index contributed by atoms with van der Waals surface area (Å²) >= 11 is 0. The molecule has 0 amide bonds. The van der Waals surface area contributed by atoms with Crippen molar-refractivity contribution in [3.8, 4) is 74.1 Å². The number of nitriles is 3. The molecule has 0 saturated carbocycles. The highest BCUT2D eigenvalue weighted by atomic mass is 19.4. The van der Waals surface area contributed by atoms with Crippen LogP contribution >= 0.6 is 0 Å². The lowest BCUT2D eigenvalue weighted by atomic mass is 9.94. The van der Waals surface area contributed by atoms with Crippen molar-refractivity contribution >= 4 is 55.0 Å². The summed E-state index contributed by atoms with van der Waals surface area (Å²) < 4.78 is 47.4. The normalized spacial score (nSPS) is 11.3. The minimum Gasteiger partial charge on any atom is -0.309 e. The number of alkyl halides is 3. The molecule has 10 heteroatoms. The molecule has 0 aliphatic heterocycles. The van der Waals surface area contributed by atoms with Crippen LogP contribution in [0.25, 0.3) is 109 Å². The first-order chi connectivity index (χ1) is 34.5. The third-order valence-electron chi connectivity index (χ3n) is 13.1. The highest BCUT2D eigenvalue weighted by Gasteiger charge is 2.31. The van der Waals surface area contributed by atoms with Gasteiger partial charge < -0.3 is 9.13 Å². The van der Waals surface area contributed by atoms with Crippen molar-refractivity contribution in [2.24, 2.45) is 0 Å². The van der Waals surface area contributed by atoms with Crippen LogP contribution in [0.3, 0.4) is 0 Å². The predicted octanol–water partition coefficient (Wildman–Crippen LogP) is 16.6. The second-order valence-corrected chi connectivity index (χ2v) is 17.2. The Labute approximate surface area is 405 Å². The van der Waals surface area contributed by atoms with Gasteiger partial charge in [-0.25, -0.2) is 9.69 Å². The number of aryl methyl sites for hydroxylation is 1. The van der Waals surface area contributed by atoms with E-state index in [1.807, 2.05) is 115 Å². The second-order valence-electron chi connectivity index (χ2n) is 17.2. The van der Waals surface area contributed by atoms with Gasteiger partial charge >= 0.3 is 6.18 Å². The van der Waals surface area contributed by atoms with E-state index in [2.05, 4.69) is 37.0 Å². The Morgan fingerprint density at radius 2 is 0.986 bits per heavy atom. The maximum Gasteiger partial charge on any atom is 0.416 e. The lowest BCUT2D eigenvalue weighted by molar-refractivity contribution is -0.137. The molecule has 0 aliphatic rings. The molecule has 2 aromatic heterocycles. The number of hydrogen-bond acceptors (Lipinski definition) is 3. The quantitative estimate of drug-likeness (QED) is 0.156. The van der Waals surface area contributed by atoms with Crippen LogP contribution in [0.15, 0.2) is 176 Å². The van der Waals surface area contributed by atoms with Gasteiger partial charge in [0.05, 0.1) is 87.0 Å². The summed E-state index contributed by atoms with van der Waals surface area (Å²) in [7, 11) is 0. The molecule has 0 radical (unpaired) electrons. The van der Waals surface area contributed by atoms with Gasteiger partial charge in [0.1, 0.15) is 0 Å². The summed E-state index contributed by atoms with van der Waals surface area (Å²) in [4.78, 5) is 7.28. The van der Waals surface area contributed by atoms with Gasteiger partial charge in [0, 0.05) is 32.7 Å². The molecule has 7 nitrogen and oxygen atoms in total.